The normalized spacial score (nSPS) is 44.2. The number of hydrogen-bond acceptors (Lipinski definition) is 4. The predicted octanol–water partition coefficient (Wildman–Crippen LogP) is 6.41. The van der Waals surface area contributed by atoms with Gasteiger partial charge in [0, 0.05) is 17.8 Å². The molecule has 0 aromatic carbocycles. The molecule has 8 saturated carbocycles. The summed E-state index contributed by atoms with van der Waals surface area (Å²) >= 11 is 0. The number of aromatic nitrogens is 2. The summed E-state index contributed by atoms with van der Waals surface area (Å²) in [5, 5.41) is 1.10. The van der Waals surface area contributed by atoms with Crippen molar-refractivity contribution in [3.05, 3.63) is 35.7 Å². The average Bonchev–Trinajstić information content (AvgIpc) is 2.80. The van der Waals surface area contributed by atoms with Gasteiger partial charge in [0.1, 0.15) is 0 Å². The van der Waals surface area contributed by atoms with E-state index in [4.69, 9.17) is 20.0 Å². The Bertz CT molecular complexity index is 1030. The van der Waals surface area contributed by atoms with Crippen molar-refractivity contribution in [2.24, 2.45) is 45.5 Å². The predicted molar refractivity (Wildman–Crippen MR) is 137 cm³/mol. The fourth-order valence-electron chi connectivity index (χ4n) is 10.0. The fourth-order valence-corrected chi connectivity index (χ4v) is 10.0. The van der Waals surface area contributed by atoms with E-state index in [-0.39, 0.29) is 11.1 Å². The van der Waals surface area contributed by atoms with E-state index < -0.39 is 0 Å². The largest absolute Gasteiger partial charge is 0.284 e. The Hall–Kier alpha value is -2.10. The number of rotatable bonds is 4. The van der Waals surface area contributed by atoms with Gasteiger partial charge >= 0.3 is 0 Å². The fraction of sp³-hybridized carbons (Fsp3) is 0.667. The van der Waals surface area contributed by atoms with Crippen LogP contribution in [0.4, 0.5) is 0 Å². The Morgan fingerprint density at radius 1 is 0.559 bits per heavy atom. The summed E-state index contributed by atoms with van der Waals surface area (Å²) in [6.07, 6.45) is 20.7. The first kappa shape index (κ1) is 20.1. The molecule has 2 aromatic heterocycles. The molecule has 8 aliphatic rings. The second-order valence-electron chi connectivity index (χ2n) is 13.3. The molecule has 0 amide bonds. The van der Waals surface area contributed by atoms with Crippen LogP contribution in [0.5, 0.6) is 0 Å². The van der Waals surface area contributed by atoms with Crippen LogP contribution in [-0.4, -0.2) is 33.5 Å². The zero-order valence-electron chi connectivity index (χ0n) is 20.2. The van der Waals surface area contributed by atoms with Crippen molar-refractivity contribution in [3.8, 4) is 0 Å². The van der Waals surface area contributed by atoms with E-state index in [1.807, 2.05) is 0 Å². The number of hydrogen-bond donors (Lipinski definition) is 0. The van der Waals surface area contributed by atoms with E-state index in [1.165, 1.54) is 77.0 Å². The molecule has 4 nitrogen and oxygen atoms in total. The zero-order valence-corrected chi connectivity index (χ0v) is 20.2. The molecular formula is C30H36N4. The third-order valence-electron chi connectivity index (χ3n) is 10.5. The Morgan fingerprint density at radius 2 is 0.912 bits per heavy atom. The minimum absolute atomic E-state index is 0.200. The number of nitrogens with zero attached hydrogens (tertiary/aromatic N) is 4. The van der Waals surface area contributed by atoms with Crippen molar-refractivity contribution in [1.82, 2.24) is 9.97 Å². The van der Waals surface area contributed by atoms with Crippen molar-refractivity contribution >= 4 is 23.5 Å². The molecule has 8 bridgehead atoms. The van der Waals surface area contributed by atoms with Crippen molar-refractivity contribution in [2.75, 3.05) is 0 Å². The number of fused-ring (bicyclic) bond motifs is 1. The van der Waals surface area contributed by atoms with Crippen LogP contribution >= 0.6 is 0 Å². The van der Waals surface area contributed by atoms with E-state index in [9.17, 15) is 0 Å². The van der Waals surface area contributed by atoms with Gasteiger partial charge in [0.15, 0.2) is 5.65 Å². The van der Waals surface area contributed by atoms with Crippen LogP contribution in [-0.2, 0) is 0 Å². The maximum Gasteiger partial charge on any atom is 0.160 e. The molecule has 0 atom stereocenters. The molecule has 2 aromatic rings. The summed E-state index contributed by atoms with van der Waals surface area (Å²) in [4.78, 5) is 20.2. The van der Waals surface area contributed by atoms with Crippen LogP contribution in [0.25, 0.3) is 11.0 Å². The van der Waals surface area contributed by atoms with Crippen molar-refractivity contribution in [3.63, 3.8) is 0 Å². The molecule has 10 rings (SSSR count). The van der Waals surface area contributed by atoms with Gasteiger partial charge in [-0.3, -0.25) is 9.98 Å². The minimum atomic E-state index is 0.200. The Balaban J connectivity index is 1.04. The summed E-state index contributed by atoms with van der Waals surface area (Å²) in [7, 11) is 0. The van der Waals surface area contributed by atoms with Crippen LogP contribution in [0.1, 0.15) is 88.4 Å². The maximum atomic E-state index is 5.22. The summed E-state index contributed by atoms with van der Waals surface area (Å²) in [5.74, 6) is 5.53. The monoisotopic (exact) mass is 452 g/mol. The van der Waals surface area contributed by atoms with Crippen molar-refractivity contribution in [1.29, 1.82) is 0 Å². The number of pyridine rings is 2. The quantitative estimate of drug-likeness (QED) is 0.504. The van der Waals surface area contributed by atoms with E-state index in [0.717, 1.165) is 57.9 Å². The molecule has 0 radical (unpaired) electrons. The summed E-state index contributed by atoms with van der Waals surface area (Å²) < 4.78 is 0. The topological polar surface area (TPSA) is 50.5 Å². The molecule has 176 valence electrons. The summed E-state index contributed by atoms with van der Waals surface area (Å²) in [6, 6.07) is 8.52. The van der Waals surface area contributed by atoms with E-state index in [2.05, 4.69) is 36.7 Å². The van der Waals surface area contributed by atoms with Gasteiger partial charge in [-0.15, -0.1) is 0 Å². The zero-order chi connectivity index (χ0) is 22.3. The summed E-state index contributed by atoms with van der Waals surface area (Å²) in [5.41, 5.74) is 3.12. The molecular weight excluding hydrogens is 416 g/mol. The van der Waals surface area contributed by atoms with Gasteiger partial charge in [-0.05, 0) is 137 Å². The molecule has 2 heterocycles. The lowest BCUT2D eigenvalue weighted by Gasteiger charge is -2.54. The molecule has 4 heteroatoms. The number of aliphatic imine (C=N–C) groups is 2. The molecule has 8 aliphatic carbocycles. The molecule has 8 fully saturated rings. The first-order valence-corrected chi connectivity index (χ1v) is 14.0. The van der Waals surface area contributed by atoms with Gasteiger partial charge in [0.05, 0.1) is 22.5 Å². The van der Waals surface area contributed by atoms with Gasteiger partial charge < -0.3 is 0 Å². The summed E-state index contributed by atoms with van der Waals surface area (Å²) in [6.45, 7) is 0. The molecule has 0 unspecified atom stereocenters. The lowest BCUT2D eigenvalue weighted by molar-refractivity contribution is 0.00176. The molecule has 0 spiro atoms. The third kappa shape index (κ3) is 3.38. The van der Waals surface area contributed by atoms with Gasteiger partial charge in [-0.1, -0.05) is 0 Å². The van der Waals surface area contributed by atoms with Crippen LogP contribution in [0.3, 0.4) is 0 Å². The second kappa shape index (κ2) is 7.21. The van der Waals surface area contributed by atoms with Crippen molar-refractivity contribution < 1.29 is 0 Å². The van der Waals surface area contributed by atoms with Crippen molar-refractivity contribution in [2.45, 2.75) is 88.1 Å². The van der Waals surface area contributed by atoms with Crippen LogP contribution in [0.2, 0.25) is 0 Å². The standard InChI is InChI=1S/C30H36N4/c1-3-26(17-31-29-11-19-5-20(12-29)7-21(6-19)13-29)33-28-25(1)2-4-27(34-28)18-32-30-14-22-8-23(15-30)10-24(9-22)16-30/h1-4,17-24H,5-16H2. The lowest BCUT2D eigenvalue weighted by atomic mass is 9.53. The minimum Gasteiger partial charge on any atom is -0.284 e. The highest BCUT2D eigenvalue weighted by molar-refractivity contribution is 5.86. The third-order valence-corrected chi connectivity index (χ3v) is 10.5. The average molecular weight is 453 g/mol. The maximum absolute atomic E-state index is 5.22. The highest BCUT2D eigenvalue weighted by Gasteiger charge is 2.51. The van der Waals surface area contributed by atoms with Crippen LogP contribution in [0, 0.1) is 35.5 Å². The Labute approximate surface area is 202 Å². The van der Waals surface area contributed by atoms with E-state index >= 15 is 0 Å². The smallest absolute Gasteiger partial charge is 0.160 e. The Kier molecular flexibility index (Phi) is 4.27. The second-order valence-corrected chi connectivity index (χ2v) is 13.3. The highest BCUT2D eigenvalue weighted by Crippen LogP contribution is 2.58. The first-order chi connectivity index (χ1) is 16.6. The van der Waals surface area contributed by atoms with Crippen LogP contribution < -0.4 is 0 Å². The first-order valence-electron chi connectivity index (χ1n) is 14.0. The van der Waals surface area contributed by atoms with E-state index in [0.29, 0.717) is 0 Å². The van der Waals surface area contributed by atoms with Gasteiger partial charge in [0.2, 0.25) is 0 Å². The van der Waals surface area contributed by atoms with Gasteiger partial charge in [0.25, 0.3) is 0 Å². The lowest BCUT2D eigenvalue weighted by Crippen LogP contribution is -2.49. The van der Waals surface area contributed by atoms with Crippen LogP contribution in [0.15, 0.2) is 34.3 Å². The highest BCUT2D eigenvalue weighted by atomic mass is 14.9. The molecule has 0 aliphatic heterocycles. The SMILES string of the molecule is C(=NC12CC3CC(CC(C3)C1)C2)c1ccc2ccc(C=NC34CC5CC(CC(C5)C3)C4)nc2n1. The molecule has 34 heavy (non-hydrogen) atoms. The van der Waals surface area contributed by atoms with Gasteiger partial charge in [-0.25, -0.2) is 9.97 Å². The molecule has 0 saturated heterocycles. The Morgan fingerprint density at radius 3 is 1.26 bits per heavy atom. The van der Waals surface area contributed by atoms with E-state index in [1.54, 1.807) is 0 Å². The van der Waals surface area contributed by atoms with Gasteiger partial charge in [-0.2, -0.15) is 0 Å². The molecule has 0 N–H and O–H groups in total.